The van der Waals surface area contributed by atoms with Crippen LogP contribution in [0.4, 0.5) is 0 Å². The normalized spacial score (nSPS) is 17.6. The van der Waals surface area contributed by atoms with Crippen LogP contribution in [0.5, 0.6) is 5.75 Å². The van der Waals surface area contributed by atoms with Gasteiger partial charge in [-0.25, -0.2) is 13.1 Å². The molecule has 18 heavy (non-hydrogen) atoms. The average Bonchev–Trinajstić information content (AvgIpc) is 2.39. The summed E-state index contributed by atoms with van der Waals surface area (Å²) >= 11 is 0. The Morgan fingerprint density at radius 1 is 1.11 bits per heavy atom. The third-order valence-corrected chi connectivity index (χ3v) is 4.83. The highest BCUT2D eigenvalue weighted by molar-refractivity contribution is 7.89. The highest BCUT2D eigenvalue weighted by Gasteiger charge is 2.21. The van der Waals surface area contributed by atoms with Gasteiger partial charge in [0.05, 0.1) is 12.0 Å². The van der Waals surface area contributed by atoms with Crippen molar-refractivity contribution >= 4 is 10.0 Å². The number of hydrogen-bond acceptors (Lipinski definition) is 3. The number of hydrogen-bond donors (Lipinski definition) is 1. The molecule has 4 nitrogen and oxygen atoms in total. The maximum atomic E-state index is 12.1. The van der Waals surface area contributed by atoms with E-state index in [0.29, 0.717) is 10.6 Å². The van der Waals surface area contributed by atoms with E-state index in [1.165, 1.54) is 6.42 Å². The van der Waals surface area contributed by atoms with Crippen molar-refractivity contribution in [2.24, 2.45) is 0 Å². The molecule has 1 fully saturated rings. The van der Waals surface area contributed by atoms with Gasteiger partial charge in [-0.1, -0.05) is 19.3 Å². The zero-order valence-electron chi connectivity index (χ0n) is 10.6. The molecule has 1 aromatic rings. The Morgan fingerprint density at radius 2 is 1.72 bits per heavy atom. The molecule has 0 aromatic heterocycles. The van der Waals surface area contributed by atoms with E-state index in [2.05, 4.69) is 4.72 Å². The van der Waals surface area contributed by atoms with Gasteiger partial charge in [0.25, 0.3) is 0 Å². The van der Waals surface area contributed by atoms with Crippen LogP contribution in [0.3, 0.4) is 0 Å². The van der Waals surface area contributed by atoms with Crippen molar-refractivity contribution in [2.45, 2.75) is 43.0 Å². The molecule has 0 heterocycles. The Hall–Kier alpha value is -1.07. The van der Waals surface area contributed by atoms with Crippen LogP contribution in [0.15, 0.2) is 29.2 Å². The number of ether oxygens (including phenoxy) is 1. The van der Waals surface area contributed by atoms with Crippen LogP contribution in [0.2, 0.25) is 0 Å². The molecule has 0 unspecified atom stereocenters. The van der Waals surface area contributed by atoms with Gasteiger partial charge in [0.2, 0.25) is 10.0 Å². The van der Waals surface area contributed by atoms with E-state index in [4.69, 9.17) is 4.74 Å². The molecule has 100 valence electrons. The van der Waals surface area contributed by atoms with Crippen LogP contribution in [-0.2, 0) is 10.0 Å². The molecule has 1 saturated carbocycles. The van der Waals surface area contributed by atoms with Crippen molar-refractivity contribution < 1.29 is 13.2 Å². The van der Waals surface area contributed by atoms with E-state index >= 15 is 0 Å². The maximum absolute atomic E-state index is 12.1. The summed E-state index contributed by atoms with van der Waals surface area (Å²) in [7, 11) is -1.83. The molecule has 0 spiro atoms. The highest BCUT2D eigenvalue weighted by Crippen LogP contribution is 2.21. The summed E-state index contributed by atoms with van der Waals surface area (Å²) in [6.45, 7) is 0. The average molecular weight is 269 g/mol. The Labute approximate surface area is 108 Å². The van der Waals surface area contributed by atoms with Crippen molar-refractivity contribution in [2.75, 3.05) is 7.11 Å². The second-order valence-corrected chi connectivity index (χ2v) is 6.35. The Kier molecular flexibility index (Phi) is 4.24. The lowest BCUT2D eigenvalue weighted by molar-refractivity contribution is 0.411. The van der Waals surface area contributed by atoms with E-state index in [-0.39, 0.29) is 6.04 Å². The third kappa shape index (κ3) is 3.23. The molecule has 0 radical (unpaired) electrons. The van der Waals surface area contributed by atoms with Crippen LogP contribution >= 0.6 is 0 Å². The van der Waals surface area contributed by atoms with Gasteiger partial charge < -0.3 is 4.74 Å². The zero-order chi connectivity index (χ0) is 13.0. The molecule has 0 saturated heterocycles. The summed E-state index contributed by atoms with van der Waals surface area (Å²) in [5, 5.41) is 0. The Balaban J connectivity index is 2.08. The summed E-state index contributed by atoms with van der Waals surface area (Å²) in [4.78, 5) is 0.300. The van der Waals surface area contributed by atoms with E-state index in [1.807, 2.05) is 0 Å². The van der Waals surface area contributed by atoms with Crippen molar-refractivity contribution in [3.05, 3.63) is 24.3 Å². The Morgan fingerprint density at radius 3 is 2.28 bits per heavy atom. The smallest absolute Gasteiger partial charge is 0.240 e. The van der Waals surface area contributed by atoms with Gasteiger partial charge in [-0.05, 0) is 37.1 Å². The zero-order valence-corrected chi connectivity index (χ0v) is 11.4. The van der Waals surface area contributed by atoms with Crippen LogP contribution in [0, 0.1) is 0 Å². The summed E-state index contributed by atoms with van der Waals surface area (Å²) in [6, 6.07) is 6.56. The van der Waals surface area contributed by atoms with Gasteiger partial charge >= 0.3 is 0 Å². The lowest BCUT2D eigenvalue weighted by atomic mass is 9.96. The summed E-state index contributed by atoms with van der Waals surface area (Å²) in [5.74, 6) is 0.659. The van der Waals surface area contributed by atoms with Crippen molar-refractivity contribution in [1.82, 2.24) is 4.72 Å². The first-order valence-corrected chi connectivity index (χ1v) is 7.76. The summed E-state index contributed by atoms with van der Waals surface area (Å²) < 4.78 is 32.1. The fourth-order valence-corrected chi connectivity index (χ4v) is 3.57. The molecule has 1 aliphatic carbocycles. The van der Waals surface area contributed by atoms with Crippen molar-refractivity contribution in [3.63, 3.8) is 0 Å². The molecule has 0 atom stereocenters. The third-order valence-electron chi connectivity index (χ3n) is 3.30. The molecular weight excluding hydrogens is 250 g/mol. The second-order valence-electron chi connectivity index (χ2n) is 4.63. The fourth-order valence-electron chi connectivity index (χ4n) is 2.26. The molecule has 1 aromatic carbocycles. The number of nitrogens with one attached hydrogen (secondary N) is 1. The molecular formula is C13H19NO3S. The van der Waals surface area contributed by atoms with Crippen molar-refractivity contribution in [1.29, 1.82) is 0 Å². The number of methoxy groups -OCH3 is 1. The van der Waals surface area contributed by atoms with E-state index in [9.17, 15) is 8.42 Å². The summed E-state index contributed by atoms with van der Waals surface area (Å²) in [6.07, 6.45) is 5.30. The first-order valence-electron chi connectivity index (χ1n) is 6.28. The van der Waals surface area contributed by atoms with E-state index in [0.717, 1.165) is 25.7 Å². The molecule has 1 N–H and O–H groups in total. The lowest BCUT2D eigenvalue weighted by Crippen LogP contribution is -2.36. The topological polar surface area (TPSA) is 55.4 Å². The highest BCUT2D eigenvalue weighted by atomic mass is 32.2. The van der Waals surface area contributed by atoms with Gasteiger partial charge in [-0.15, -0.1) is 0 Å². The monoisotopic (exact) mass is 269 g/mol. The largest absolute Gasteiger partial charge is 0.497 e. The molecule has 5 heteroatoms. The maximum Gasteiger partial charge on any atom is 0.240 e. The first-order chi connectivity index (χ1) is 8.62. The molecule has 2 rings (SSSR count). The quantitative estimate of drug-likeness (QED) is 0.912. The van der Waals surface area contributed by atoms with Crippen molar-refractivity contribution in [3.8, 4) is 5.75 Å². The minimum atomic E-state index is -3.39. The lowest BCUT2D eigenvalue weighted by Gasteiger charge is -2.22. The van der Waals surface area contributed by atoms with Crippen LogP contribution in [0.1, 0.15) is 32.1 Å². The van der Waals surface area contributed by atoms with Crippen LogP contribution in [0.25, 0.3) is 0 Å². The number of rotatable bonds is 4. The SMILES string of the molecule is COc1ccc(S(=O)(=O)NC2CCCCC2)cc1. The standard InChI is InChI=1S/C13H19NO3S/c1-17-12-7-9-13(10-8-12)18(15,16)14-11-5-3-2-4-6-11/h7-11,14H,2-6H2,1H3. The van der Waals surface area contributed by atoms with E-state index in [1.54, 1.807) is 31.4 Å². The Bertz CT molecular complexity index is 475. The summed E-state index contributed by atoms with van der Waals surface area (Å²) in [5.41, 5.74) is 0. The number of benzene rings is 1. The van der Waals surface area contributed by atoms with Crippen LogP contribution in [-0.4, -0.2) is 21.6 Å². The van der Waals surface area contributed by atoms with Gasteiger partial charge in [0.15, 0.2) is 0 Å². The predicted molar refractivity (Wildman–Crippen MR) is 70.2 cm³/mol. The molecule has 1 aliphatic rings. The van der Waals surface area contributed by atoms with Gasteiger partial charge in [-0.3, -0.25) is 0 Å². The molecule has 0 aliphatic heterocycles. The first kappa shape index (κ1) is 13.4. The van der Waals surface area contributed by atoms with Crippen LogP contribution < -0.4 is 9.46 Å². The predicted octanol–water partition coefficient (Wildman–Crippen LogP) is 2.31. The van der Waals surface area contributed by atoms with Gasteiger partial charge in [0.1, 0.15) is 5.75 Å². The fraction of sp³-hybridized carbons (Fsp3) is 0.538. The molecule has 0 amide bonds. The number of sulfonamides is 1. The van der Waals surface area contributed by atoms with Gasteiger partial charge in [0, 0.05) is 6.04 Å². The minimum Gasteiger partial charge on any atom is -0.497 e. The molecule has 0 bridgehead atoms. The second kappa shape index (κ2) is 5.71. The van der Waals surface area contributed by atoms with Gasteiger partial charge in [-0.2, -0.15) is 0 Å². The van der Waals surface area contributed by atoms with E-state index < -0.39 is 10.0 Å². The minimum absolute atomic E-state index is 0.0888.